The first kappa shape index (κ1) is 34.7. The molecule has 0 aromatic carbocycles. The molecule has 0 amide bonds. The maximum atomic E-state index is 11.8. The van der Waals surface area contributed by atoms with E-state index in [1.165, 1.54) is 17.2 Å². The molecule has 2 aromatic rings. The number of nitrogens with zero attached hydrogens (tertiary/aromatic N) is 4. The number of nitrogens with two attached hydrogens (primary N) is 1. The molecule has 1 fully saturated rings. The number of imidazole rings is 1. The van der Waals surface area contributed by atoms with Gasteiger partial charge in [0.2, 0.25) is 0 Å². The Morgan fingerprint density at radius 1 is 1.06 bits per heavy atom. The van der Waals surface area contributed by atoms with Gasteiger partial charge < -0.3 is 35.2 Å². The van der Waals surface area contributed by atoms with E-state index in [0.717, 1.165) is 0 Å². The van der Waals surface area contributed by atoms with Crippen LogP contribution in [0.15, 0.2) is 12.7 Å². The molecule has 3 heterocycles. The average molecular weight is 560 g/mol. The molecule has 3 rings (SSSR count). The van der Waals surface area contributed by atoms with E-state index in [4.69, 9.17) is 25.2 Å². The van der Waals surface area contributed by atoms with E-state index < -0.39 is 48.5 Å². The Morgan fingerprint density at radius 3 is 2.30 bits per heavy atom. The third-order valence-corrected chi connectivity index (χ3v) is 7.52. The zero-order valence-electron chi connectivity index (χ0n) is 17.6. The van der Waals surface area contributed by atoms with Gasteiger partial charge in [-0.05, 0) is 0 Å². The topological polar surface area (TPSA) is 259 Å². The quantitative estimate of drug-likeness (QED) is 0.155. The Labute approximate surface area is 252 Å². The van der Waals surface area contributed by atoms with Crippen molar-refractivity contribution in [2.24, 2.45) is 0 Å². The van der Waals surface area contributed by atoms with Gasteiger partial charge in [0.15, 0.2) is 11.5 Å². The number of aliphatic hydroxyl groups excluding tert-OH is 1. The Morgan fingerprint density at radius 2 is 1.70 bits per heavy atom. The van der Waals surface area contributed by atoms with Crippen LogP contribution in [-0.4, -0.2) is 152 Å². The van der Waals surface area contributed by atoms with Crippen LogP contribution in [0.2, 0.25) is 0 Å². The molecule has 23 heteroatoms. The first-order valence-electron chi connectivity index (χ1n) is 7.81. The number of ether oxygens (including phenoxy) is 1. The summed E-state index contributed by atoms with van der Waals surface area (Å²) in [5.74, 6) is 0.126. The van der Waals surface area contributed by atoms with Crippen molar-refractivity contribution in [1.82, 2.24) is 19.5 Å². The molecule has 5 atom stereocenters. The maximum Gasteiger partial charge on any atom is 0.490 e. The largest absolute Gasteiger partial charge is 0.490 e. The van der Waals surface area contributed by atoms with Crippen LogP contribution in [0.5, 0.6) is 0 Å². The number of phosphoric acid groups is 3. The SMILES string of the molecule is Nc1ncnc2c1ncn2[C@H]1C[C@H](O)[C@@H](COP(=O)(O)OP(=O)(O)OP(=O)(O)O)O1.[Na].[Na].[Na]. The van der Waals surface area contributed by atoms with Crippen molar-refractivity contribution < 1.29 is 56.3 Å². The molecular weight excluding hydrogens is 544 g/mol. The van der Waals surface area contributed by atoms with E-state index in [1.54, 1.807) is 0 Å². The van der Waals surface area contributed by atoms with Crippen LogP contribution >= 0.6 is 23.5 Å². The fourth-order valence-electron chi connectivity index (χ4n) is 2.59. The Hall–Kier alpha value is 1.68. The van der Waals surface area contributed by atoms with Gasteiger partial charge >= 0.3 is 23.5 Å². The molecule has 33 heavy (non-hydrogen) atoms. The molecule has 0 bridgehead atoms. The second-order valence-corrected chi connectivity index (χ2v) is 10.3. The van der Waals surface area contributed by atoms with Gasteiger partial charge in [0.25, 0.3) is 0 Å². The number of fused-ring (bicyclic) bond motifs is 1. The predicted molar refractivity (Wildman–Crippen MR) is 111 cm³/mol. The number of rotatable bonds is 8. The van der Waals surface area contributed by atoms with Gasteiger partial charge in [0, 0.05) is 95.1 Å². The normalized spacial score (nSPS) is 24.1. The summed E-state index contributed by atoms with van der Waals surface area (Å²) in [6.45, 7) is -0.787. The van der Waals surface area contributed by atoms with Crippen LogP contribution in [0, 0.1) is 0 Å². The number of aromatic nitrogens is 4. The van der Waals surface area contributed by atoms with Crippen molar-refractivity contribution in [3.05, 3.63) is 12.7 Å². The third-order valence-electron chi connectivity index (χ3n) is 3.72. The molecule has 171 valence electrons. The molecule has 1 aliphatic heterocycles. The minimum atomic E-state index is -5.64. The predicted octanol–water partition coefficient (Wildman–Crippen LogP) is -1.74. The van der Waals surface area contributed by atoms with Crippen LogP contribution in [0.3, 0.4) is 0 Å². The summed E-state index contributed by atoms with van der Waals surface area (Å²) in [4.78, 5) is 47.4. The second kappa shape index (κ2) is 13.5. The first-order valence-corrected chi connectivity index (χ1v) is 12.3. The molecule has 0 saturated carbocycles. The second-order valence-electron chi connectivity index (χ2n) is 5.90. The molecule has 0 spiro atoms. The van der Waals surface area contributed by atoms with E-state index >= 15 is 0 Å². The summed E-state index contributed by atoms with van der Waals surface area (Å²) in [5.41, 5.74) is 6.31. The number of phosphoric ester groups is 1. The Balaban J connectivity index is 0.00000341. The minimum Gasteiger partial charge on any atom is -0.390 e. The fourth-order valence-corrected chi connectivity index (χ4v) is 5.62. The van der Waals surface area contributed by atoms with E-state index in [1.807, 2.05) is 0 Å². The van der Waals surface area contributed by atoms with Crippen molar-refractivity contribution in [3.8, 4) is 0 Å². The Kier molecular flexibility index (Phi) is 14.2. The Bertz CT molecular complexity index is 1090. The summed E-state index contributed by atoms with van der Waals surface area (Å²) >= 11 is 0. The molecule has 2 unspecified atom stereocenters. The van der Waals surface area contributed by atoms with Gasteiger partial charge in [-0.3, -0.25) is 9.09 Å². The van der Waals surface area contributed by atoms with E-state index in [2.05, 4.69) is 28.1 Å². The van der Waals surface area contributed by atoms with Crippen molar-refractivity contribution in [2.75, 3.05) is 12.3 Å². The molecule has 17 nitrogen and oxygen atoms in total. The van der Waals surface area contributed by atoms with Gasteiger partial charge in [-0.15, -0.1) is 0 Å². The zero-order chi connectivity index (χ0) is 22.3. The molecule has 0 aliphatic carbocycles. The monoisotopic (exact) mass is 560 g/mol. The van der Waals surface area contributed by atoms with E-state index in [-0.39, 0.29) is 101 Å². The number of hydrogen-bond acceptors (Lipinski definition) is 12. The van der Waals surface area contributed by atoms with Crippen LogP contribution in [0.4, 0.5) is 5.82 Å². The van der Waals surface area contributed by atoms with Crippen LogP contribution in [-0.2, 0) is 31.6 Å². The number of hydrogen-bond donors (Lipinski definition) is 6. The van der Waals surface area contributed by atoms with Crippen LogP contribution < -0.4 is 5.73 Å². The first-order chi connectivity index (χ1) is 13.8. The van der Waals surface area contributed by atoms with Gasteiger partial charge in [-0.25, -0.2) is 28.6 Å². The fraction of sp³-hybridized carbons (Fsp3) is 0.500. The zero-order valence-corrected chi connectivity index (χ0v) is 26.3. The molecule has 2 aromatic heterocycles. The summed E-state index contributed by atoms with van der Waals surface area (Å²) in [6.07, 6.45) is -0.643. The van der Waals surface area contributed by atoms with Crippen molar-refractivity contribution in [2.45, 2.75) is 24.9 Å². The van der Waals surface area contributed by atoms with Gasteiger partial charge in [0.05, 0.1) is 19.0 Å². The molecule has 7 N–H and O–H groups in total. The van der Waals surface area contributed by atoms with Gasteiger partial charge in [0.1, 0.15) is 24.2 Å². The number of aliphatic hydroxyl groups is 1. The average Bonchev–Trinajstić information content (AvgIpc) is 3.14. The summed E-state index contributed by atoms with van der Waals surface area (Å²) in [6, 6.07) is 0. The summed E-state index contributed by atoms with van der Waals surface area (Å²) in [7, 11) is -16.5. The van der Waals surface area contributed by atoms with Crippen molar-refractivity contribution in [3.63, 3.8) is 0 Å². The van der Waals surface area contributed by atoms with Gasteiger partial charge in [-0.2, -0.15) is 8.62 Å². The van der Waals surface area contributed by atoms with E-state index in [9.17, 15) is 23.7 Å². The number of nitrogen functional groups attached to an aromatic ring is 1. The van der Waals surface area contributed by atoms with E-state index in [0.29, 0.717) is 11.2 Å². The number of anilines is 1. The molecular formula is C10H16N5Na3O12P3. The molecule has 1 saturated heterocycles. The molecule has 3 radical (unpaired) electrons. The van der Waals surface area contributed by atoms with Gasteiger partial charge in [-0.1, -0.05) is 0 Å². The maximum absolute atomic E-state index is 11.8. The van der Waals surface area contributed by atoms with Crippen LogP contribution in [0.25, 0.3) is 11.2 Å². The van der Waals surface area contributed by atoms with Crippen molar-refractivity contribution >= 4 is 129 Å². The third kappa shape index (κ3) is 9.82. The summed E-state index contributed by atoms with van der Waals surface area (Å²) < 4.78 is 52.3. The summed E-state index contributed by atoms with van der Waals surface area (Å²) in [5, 5.41) is 10.1. The van der Waals surface area contributed by atoms with Crippen molar-refractivity contribution in [1.29, 1.82) is 0 Å². The smallest absolute Gasteiger partial charge is 0.390 e. The molecule has 1 aliphatic rings. The minimum absolute atomic E-state index is 0. The van der Waals surface area contributed by atoms with Crippen LogP contribution in [0.1, 0.15) is 12.6 Å². The standard InChI is InChI=1S/C10H16N5O12P3.3Na/c11-9-8-10(13-3-12-9)15(4-14-8)7-1-5(16)6(25-7)2-24-29(20,21)27-30(22,23)26-28(17,18)19;;;/h3-7,16H,1-2H2,(H,20,21)(H,22,23)(H2,11,12,13)(H2,17,18,19);;;/t5-,6+,7+;;;/m0.../s1.